The maximum absolute atomic E-state index is 15.2. The van der Waals surface area contributed by atoms with Crippen molar-refractivity contribution >= 4 is 17.0 Å². The Morgan fingerprint density at radius 2 is 1.73 bits per heavy atom. The molecular weight excluding hydrogens is 386 g/mol. The minimum Gasteiger partial charge on any atom is -0.402 e. The molecule has 2 aliphatic rings. The van der Waals surface area contributed by atoms with E-state index in [9.17, 15) is 0 Å². The van der Waals surface area contributed by atoms with Crippen molar-refractivity contribution in [3.8, 4) is 0 Å². The van der Waals surface area contributed by atoms with Gasteiger partial charge in [-0.05, 0) is 61.4 Å². The normalized spacial score (nSPS) is 19.1. The summed E-state index contributed by atoms with van der Waals surface area (Å²) < 4.78 is 35.8. The van der Waals surface area contributed by atoms with Crippen molar-refractivity contribution in [1.29, 1.82) is 5.41 Å². The monoisotopic (exact) mass is 412 g/mol. The summed E-state index contributed by atoms with van der Waals surface area (Å²) in [7, 11) is 0. The van der Waals surface area contributed by atoms with Crippen LogP contribution in [0.15, 0.2) is 42.4 Å². The lowest BCUT2D eigenvalue weighted by atomic mass is 9.80. The molecular formula is C23H26F2N4O. The highest BCUT2D eigenvalue weighted by Crippen LogP contribution is 2.43. The first-order valence-electron chi connectivity index (χ1n) is 10.2. The Hall–Kier alpha value is -2.80. The zero-order valence-electron chi connectivity index (χ0n) is 17.0. The summed E-state index contributed by atoms with van der Waals surface area (Å²) in [6, 6.07) is 5.91. The van der Waals surface area contributed by atoms with E-state index in [0.717, 1.165) is 19.3 Å². The van der Waals surface area contributed by atoms with E-state index in [1.54, 1.807) is 31.5 Å². The SMILES string of the molecule is C/C(N)=C(/C(=N)c1ccncc1)c1cc(F)c(N2CCC3(CCOCC3)C2)c(F)c1. The van der Waals surface area contributed by atoms with Crippen LogP contribution in [0.1, 0.15) is 37.3 Å². The Morgan fingerprint density at radius 1 is 1.10 bits per heavy atom. The lowest BCUT2D eigenvalue weighted by molar-refractivity contribution is 0.0254. The van der Waals surface area contributed by atoms with E-state index in [-0.39, 0.29) is 22.4 Å². The van der Waals surface area contributed by atoms with E-state index >= 15 is 8.78 Å². The highest BCUT2D eigenvalue weighted by atomic mass is 19.1. The third-order valence-electron chi connectivity index (χ3n) is 6.23. The lowest BCUT2D eigenvalue weighted by Gasteiger charge is -2.33. The Balaban J connectivity index is 1.65. The minimum absolute atomic E-state index is 0.00610. The Labute approximate surface area is 175 Å². The molecule has 0 bridgehead atoms. The molecule has 3 heterocycles. The van der Waals surface area contributed by atoms with Crippen molar-refractivity contribution in [2.24, 2.45) is 11.1 Å². The molecule has 0 atom stereocenters. The topological polar surface area (TPSA) is 75.2 Å². The van der Waals surface area contributed by atoms with Crippen molar-refractivity contribution < 1.29 is 13.5 Å². The number of nitrogens with two attached hydrogens (primary N) is 1. The standard InChI is InChI=1S/C23H26F2N4O/c1-15(26)20(21(27)16-2-7-28-8-3-16)17-12-18(24)22(19(25)13-17)29-9-4-23(14-29)5-10-30-11-6-23/h2-3,7-8,12-13,27H,4-6,9-11,14,26H2,1H3/b20-15-,27-21?. The molecule has 30 heavy (non-hydrogen) atoms. The Kier molecular flexibility index (Phi) is 5.56. The van der Waals surface area contributed by atoms with E-state index < -0.39 is 11.6 Å². The van der Waals surface area contributed by atoms with E-state index in [4.69, 9.17) is 15.9 Å². The number of aromatic nitrogens is 1. The molecule has 7 heteroatoms. The van der Waals surface area contributed by atoms with Gasteiger partial charge in [-0.3, -0.25) is 10.4 Å². The van der Waals surface area contributed by atoms with Crippen LogP contribution in [0.3, 0.4) is 0 Å². The first kappa shape index (κ1) is 20.5. The zero-order chi connectivity index (χ0) is 21.3. The van der Waals surface area contributed by atoms with Crippen molar-refractivity contribution in [3.63, 3.8) is 0 Å². The lowest BCUT2D eigenvalue weighted by Crippen LogP contribution is -2.33. The number of rotatable bonds is 4. The van der Waals surface area contributed by atoms with Crippen LogP contribution in [0, 0.1) is 22.5 Å². The van der Waals surface area contributed by atoms with Gasteiger partial charge >= 0.3 is 0 Å². The second kappa shape index (κ2) is 8.14. The van der Waals surface area contributed by atoms with Gasteiger partial charge in [0.05, 0.1) is 5.71 Å². The van der Waals surface area contributed by atoms with Gasteiger partial charge in [0.2, 0.25) is 0 Å². The molecule has 0 amide bonds. The molecule has 0 saturated carbocycles. The van der Waals surface area contributed by atoms with Crippen molar-refractivity contribution in [2.45, 2.75) is 26.2 Å². The smallest absolute Gasteiger partial charge is 0.150 e. The zero-order valence-corrected chi connectivity index (χ0v) is 17.0. The summed E-state index contributed by atoms with van der Waals surface area (Å²) in [5, 5.41) is 8.51. The summed E-state index contributed by atoms with van der Waals surface area (Å²) >= 11 is 0. The van der Waals surface area contributed by atoms with Crippen LogP contribution in [0.2, 0.25) is 0 Å². The van der Waals surface area contributed by atoms with Crippen molar-refractivity contribution in [3.05, 3.63) is 65.1 Å². The van der Waals surface area contributed by atoms with E-state index in [1.165, 1.54) is 12.1 Å². The molecule has 1 spiro atoms. The maximum atomic E-state index is 15.2. The van der Waals surface area contributed by atoms with Crippen molar-refractivity contribution in [2.75, 3.05) is 31.2 Å². The molecule has 158 valence electrons. The summed E-state index contributed by atoms with van der Waals surface area (Å²) in [6.45, 7) is 4.30. The second-order valence-electron chi connectivity index (χ2n) is 8.24. The van der Waals surface area contributed by atoms with Gasteiger partial charge < -0.3 is 15.4 Å². The number of anilines is 1. The van der Waals surface area contributed by atoms with Crippen LogP contribution in [0.25, 0.3) is 5.57 Å². The average Bonchev–Trinajstić information content (AvgIpc) is 3.11. The molecule has 5 nitrogen and oxygen atoms in total. The maximum Gasteiger partial charge on any atom is 0.150 e. The van der Waals surface area contributed by atoms with Gasteiger partial charge in [0, 0.05) is 55.5 Å². The van der Waals surface area contributed by atoms with Crippen LogP contribution in [0.4, 0.5) is 14.5 Å². The molecule has 2 fully saturated rings. The van der Waals surface area contributed by atoms with Crippen LogP contribution in [-0.2, 0) is 4.74 Å². The van der Waals surface area contributed by atoms with Gasteiger partial charge in [0.1, 0.15) is 17.3 Å². The van der Waals surface area contributed by atoms with Crippen LogP contribution >= 0.6 is 0 Å². The molecule has 2 aromatic rings. The fourth-order valence-corrected chi connectivity index (χ4v) is 4.58. The number of hydrogen-bond donors (Lipinski definition) is 2. The van der Waals surface area contributed by atoms with E-state index in [0.29, 0.717) is 43.1 Å². The number of pyridine rings is 1. The van der Waals surface area contributed by atoms with Crippen LogP contribution < -0.4 is 10.6 Å². The van der Waals surface area contributed by atoms with E-state index in [1.807, 2.05) is 4.90 Å². The van der Waals surface area contributed by atoms with Gasteiger partial charge in [-0.15, -0.1) is 0 Å². The number of nitrogens with zero attached hydrogens (tertiary/aromatic N) is 2. The van der Waals surface area contributed by atoms with Gasteiger partial charge in [-0.1, -0.05) is 0 Å². The van der Waals surface area contributed by atoms with Gasteiger partial charge in [-0.2, -0.15) is 0 Å². The quantitative estimate of drug-likeness (QED) is 0.741. The van der Waals surface area contributed by atoms with Gasteiger partial charge in [0.15, 0.2) is 0 Å². The number of ether oxygens (including phenoxy) is 1. The van der Waals surface area contributed by atoms with Crippen LogP contribution in [0.5, 0.6) is 0 Å². The number of hydrogen-bond acceptors (Lipinski definition) is 5. The number of nitrogens with one attached hydrogen (secondary N) is 1. The first-order chi connectivity index (χ1) is 14.4. The molecule has 3 N–H and O–H groups in total. The molecule has 2 saturated heterocycles. The summed E-state index contributed by atoms with van der Waals surface area (Å²) in [5.41, 5.74) is 7.68. The molecule has 4 rings (SSSR count). The average molecular weight is 412 g/mol. The fraction of sp³-hybridized carbons (Fsp3) is 0.391. The second-order valence-corrected chi connectivity index (χ2v) is 8.24. The predicted molar refractivity (Wildman–Crippen MR) is 114 cm³/mol. The van der Waals surface area contributed by atoms with Crippen LogP contribution in [-0.4, -0.2) is 37.0 Å². The minimum atomic E-state index is -0.629. The molecule has 0 aliphatic carbocycles. The van der Waals surface area contributed by atoms with Gasteiger partial charge in [-0.25, -0.2) is 8.78 Å². The predicted octanol–water partition coefficient (Wildman–Crippen LogP) is 4.12. The molecule has 2 aliphatic heterocycles. The van der Waals surface area contributed by atoms with Gasteiger partial charge in [0.25, 0.3) is 0 Å². The third-order valence-corrected chi connectivity index (χ3v) is 6.23. The molecule has 1 aromatic carbocycles. The molecule has 1 aromatic heterocycles. The van der Waals surface area contributed by atoms with Crippen molar-refractivity contribution in [1.82, 2.24) is 4.98 Å². The van der Waals surface area contributed by atoms with E-state index in [2.05, 4.69) is 4.98 Å². The summed E-state index contributed by atoms with van der Waals surface area (Å²) in [4.78, 5) is 5.76. The highest BCUT2D eigenvalue weighted by molar-refractivity contribution is 6.30. The largest absolute Gasteiger partial charge is 0.402 e. The fourth-order valence-electron chi connectivity index (χ4n) is 4.58. The first-order valence-corrected chi connectivity index (χ1v) is 10.2. The number of benzene rings is 1. The molecule has 0 unspecified atom stereocenters. The number of allylic oxidation sites excluding steroid dienone is 2. The summed E-state index contributed by atoms with van der Waals surface area (Å²) in [6.07, 6.45) is 5.89. The Morgan fingerprint density at radius 3 is 2.33 bits per heavy atom. The third kappa shape index (κ3) is 3.81. The highest BCUT2D eigenvalue weighted by Gasteiger charge is 2.40. The summed E-state index contributed by atoms with van der Waals surface area (Å²) in [5.74, 6) is -1.26. The molecule has 0 radical (unpaired) electrons. The number of halogens is 2. The Bertz CT molecular complexity index is 957.